The van der Waals surface area contributed by atoms with E-state index in [2.05, 4.69) is 51.1 Å². The summed E-state index contributed by atoms with van der Waals surface area (Å²) in [6.45, 7) is 13.6. The lowest BCUT2D eigenvalue weighted by Gasteiger charge is -2.36. The Bertz CT molecular complexity index is 1400. The summed E-state index contributed by atoms with van der Waals surface area (Å²) in [4.78, 5) is 30.0. The molecule has 0 atom stereocenters. The molecule has 3 aromatic carbocycles. The first-order chi connectivity index (χ1) is 20.8. The molecule has 2 amide bonds. The van der Waals surface area contributed by atoms with Gasteiger partial charge in [-0.2, -0.15) is 0 Å². The van der Waals surface area contributed by atoms with Gasteiger partial charge < -0.3 is 19.0 Å². The Morgan fingerprint density at radius 1 is 0.955 bits per heavy atom. The van der Waals surface area contributed by atoms with Crippen molar-refractivity contribution in [2.75, 3.05) is 37.4 Å². The number of hydrogen-bond donors (Lipinski definition) is 1. The van der Waals surface area contributed by atoms with Gasteiger partial charge in [0.2, 0.25) is 5.91 Å². The topological polar surface area (TPSA) is 71.1 Å². The molecule has 1 aliphatic heterocycles. The van der Waals surface area contributed by atoms with Crippen LogP contribution in [0.25, 0.3) is 11.1 Å². The minimum absolute atomic E-state index is 0.0265. The van der Waals surface area contributed by atoms with E-state index in [4.69, 9.17) is 9.16 Å². The normalized spacial score (nSPS) is 14.7. The van der Waals surface area contributed by atoms with E-state index in [0.717, 1.165) is 53.9 Å². The third-order valence-electron chi connectivity index (χ3n) is 9.08. The average Bonchev–Trinajstić information content (AvgIpc) is 3.00. The predicted molar refractivity (Wildman–Crippen MR) is 183 cm³/mol. The maximum atomic E-state index is 13.2. The molecule has 4 rings (SSSR count). The summed E-state index contributed by atoms with van der Waals surface area (Å²) in [6.07, 6.45) is 2.04. The van der Waals surface area contributed by atoms with E-state index in [9.17, 15) is 9.59 Å². The molecule has 0 spiro atoms. The number of hydrogen-bond acceptors (Lipinski definition) is 5. The van der Waals surface area contributed by atoms with Crippen LogP contribution in [0.15, 0.2) is 72.8 Å². The SMILES string of the molecule is CN1CCC(OC(=O)Nc2cc(CCC(=O)N(C)c3ccc(CO[Si](C)(C)C(C)(C)C)cc3)ccc2-c2ccccc2)CC1. The van der Waals surface area contributed by atoms with E-state index in [1.54, 1.807) is 4.90 Å². The highest BCUT2D eigenvalue weighted by Crippen LogP contribution is 2.37. The Hall–Kier alpha value is -3.46. The molecular weight excluding hydrogens is 566 g/mol. The van der Waals surface area contributed by atoms with Gasteiger partial charge in [-0.3, -0.25) is 10.1 Å². The van der Waals surface area contributed by atoms with Gasteiger partial charge >= 0.3 is 6.09 Å². The number of rotatable bonds is 10. The lowest BCUT2D eigenvalue weighted by Crippen LogP contribution is -2.40. The number of anilines is 2. The van der Waals surface area contributed by atoms with Crippen molar-refractivity contribution in [3.8, 4) is 11.1 Å². The van der Waals surface area contributed by atoms with E-state index in [0.29, 0.717) is 25.1 Å². The number of piperidine rings is 1. The third-order valence-corrected chi connectivity index (χ3v) is 13.6. The van der Waals surface area contributed by atoms with Gasteiger partial charge in [0.1, 0.15) is 6.10 Å². The van der Waals surface area contributed by atoms with E-state index in [1.165, 1.54) is 0 Å². The second-order valence-electron chi connectivity index (χ2n) is 13.4. The van der Waals surface area contributed by atoms with Gasteiger partial charge in [-0.15, -0.1) is 0 Å². The molecule has 0 bridgehead atoms. The molecule has 44 heavy (non-hydrogen) atoms. The number of aryl methyl sites for hydroxylation is 1. The molecule has 0 aliphatic carbocycles. The van der Waals surface area contributed by atoms with E-state index >= 15 is 0 Å². The van der Waals surface area contributed by atoms with E-state index < -0.39 is 14.4 Å². The van der Waals surface area contributed by atoms with Gasteiger partial charge in [0.25, 0.3) is 0 Å². The van der Waals surface area contributed by atoms with Crippen molar-refractivity contribution in [3.63, 3.8) is 0 Å². The van der Waals surface area contributed by atoms with Gasteiger partial charge in [0.15, 0.2) is 8.32 Å². The van der Waals surface area contributed by atoms with Crippen molar-refractivity contribution in [2.45, 2.75) is 77.3 Å². The van der Waals surface area contributed by atoms with Gasteiger partial charge in [-0.1, -0.05) is 75.4 Å². The minimum Gasteiger partial charge on any atom is -0.446 e. The molecule has 0 radical (unpaired) electrons. The van der Waals surface area contributed by atoms with Crippen LogP contribution in [0.2, 0.25) is 18.1 Å². The van der Waals surface area contributed by atoms with Gasteiger partial charge in [-0.25, -0.2) is 4.79 Å². The van der Waals surface area contributed by atoms with Crippen molar-refractivity contribution < 1.29 is 18.8 Å². The standard InChI is InChI=1S/C36H49N3O4Si/c1-36(2,3)44(6,7)42-26-28-13-17-30(18-14-28)39(5)34(40)20-16-27-15-19-32(29-11-9-8-10-12-29)33(25-27)37-35(41)43-31-21-23-38(4)24-22-31/h8-15,17-19,25,31H,16,20-24,26H2,1-7H3,(H,37,41). The summed E-state index contributed by atoms with van der Waals surface area (Å²) in [7, 11) is 2.07. The maximum absolute atomic E-state index is 13.2. The number of amides is 2. The first kappa shape index (κ1) is 33.4. The molecule has 1 saturated heterocycles. The van der Waals surface area contributed by atoms with Crippen molar-refractivity contribution >= 4 is 31.7 Å². The summed E-state index contributed by atoms with van der Waals surface area (Å²) >= 11 is 0. The molecule has 0 unspecified atom stereocenters. The largest absolute Gasteiger partial charge is 0.446 e. The number of benzene rings is 3. The van der Waals surface area contributed by atoms with Crippen LogP contribution in [0.5, 0.6) is 0 Å². The first-order valence-corrected chi connectivity index (χ1v) is 18.6. The Kier molecular flexibility index (Phi) is 11.1. The quantitative estimate of drug-likeness (QED) is 0.233. The zero-order valence-corrected chi connectivity index (χ0v) is 28.5. The Morgan fingerprint density at radius 2 is 1.59 bits per heavy atom. The zero-order valence-electron chi connectivity index (χ0n) is 27.5. The second-order valence-corrected chi connectivity index (χ2v) is 18.3. The molecule has 0 saturated carbocycles. The molecule has 1 heterocycles. The second kappa shape index (κ2) is 14.5. The summed E-state index contributed by atoms with van der Waals surface area (Å²) in [5, 5.41) is 3.16. The molecule has 0 aromatic heterocycles. The van der Waals surface area contributed by atoms with Crippen LogP contribution in [-0.4, -0.2) is 58.5 Å². The molecule has 1 fully saturated rings. The maximum Gasteiger partial charge on any atom is 0.411 e. The Morgan fingerprint density at radius 3 is 2.23 bits per heavy atom. The van der Waals surface area contributed by atoms with Crippen LogP contribution in [-0.2, 0) is 27.0 Å². The number of carbonyl (C=O) groups excluding carboxylic acids is 2. The number of nitrogens with one attached hydrogen (secondary N) is 1. The molecule has 236 valence electrons. The van der Waals surface area contributed by atoms with Gasteiger partial charge in [0, 0.05) is 37.8 Å². The highest BCUT2D eigenvalue weighted by Gasteiger charge is 2.37. The Labute approximate surface area is 264 Å². The molecule has 3 aromatic rings. The predicted octanol–water partition coefficient (Wildman–Crippen LogP) is 8.11. The summed E-state index contributed by atoms with van der Waals surface area (Å²) in [6, 6.07) is 24.0. The van der Waals surface area contributed by atoms with E-state index in [1.807, 2.05) is 79.8 Å². The van der Waals surface area contributed by atoms with Crippen LogP contribution < -0.4 is 10.2 Å². The lowest BCUT2D eigenvalue weighted by molar-refractivity contribution is -0.118. The third kappa shape index (κ3) is 9.03. The molecule has 8 heteroatoms. The van der Waals surface area contributed by atoms with E-state index in [-0.39, 0.29) is 17.0 Å². The summed E-state index contributed by atoms with van der Waals surface area (Å²) in [5.74, 6) is 0.0265. The highest BCUT2D eigenvalue weighted by molar-refractivity contribution is 6.74. The lowest BCUT2D eigenvalue weighted by atomic mass is 9.99. The highest BCUT2D eigenvalue weighted by atomic mass is 28.4. The molecular formula is C36H49N3O4Si. The van der Waals surface area contributed by atoms with Crippen molar-refractivity contribution in [3.05, 3.63) is 83.9 Å². The summed E-state index contributed by atoms with van der Waals surface area (Å²) in [5.41, 5.74) is 5.53. The molecule has 1 aliphatic rings. The monoisotopic (exact) mass is 615 g/mol. The fourth-order valence-electron chi connectivity index (χ4n) is 4.97. The van der Waals surface area contributed by atoms with Crippen molar-refractivity contribution in [1.82, 2.24) is 4.90 Å². The van der Waals surface area contributed by atoms with Crippen LogP contribution >= 0.6 is 0 Å². The smallest absolute Gasteiger partial charge is 0.411 e. The fraction of sp³-hybridized carbons (Fsp3) is 0.444. The summed E-state index contributed by atoms with van der Waals surface area (Å²) < 4.78 is 12.1. The first-order valence-electron chi connectivity index (χ1n) is 15.7. The molecule has 7 nitrogen and oxygen atoms in total. The van der Waals surface area contributed by atoms with Crippen LogP contribution in [0, 0.1) is 0 Å². The number of likely N-dealkylation sites (tertiary alicyclic amines) is 1. The van der Waals surface area contributed by atoms with Crippen LogP contribution in [0.4, 0.5) is 16.2 Å². The fourth-order valence-corrected chi connectivity index (χ4v) is 5.93. The van der Waals surface area contributed by atoms with Crippen LogP contribution in [0.1, 0.15) is 51.2 Å². The van der Waals surface area contributed by atoms with Gasteiger partial charge in [0.05, 0.1) is 12.3 Å². The zero-order chi connectivity index (χ0) is 31.9. The van der Waals surface area contributed by atoms with Crippen LogP contribution in [0.3, 0.4) is 0 Å². The van der Waals surface area contributed by atoms with Crippen molar-refractivity contribution in [2.24, 2.45) is 0 Å². The Balaban J connectivity index is 1.38. The number of ether oxygens (including phenoxy) is 1. The van der Waals surface area contributed by atoms with Crippen molar-refractivity contribution in [1.29, 1.82) is 0 Å². The number of carbonyl (C=O) groups is 2. The molecule has 1 N–H and O–H groups in total. The minimum atomic E-state index is -1.83. The average molecular weight is 616 g/mol. The number of nitrogens with zero attached hydrogens (tertiary/aromatic N) is 2. The van der Waals surface area contributed by atoms with Gasteiger partial charge in [-0.05, 0) is 79.3 Å².